The molecule has 1 aliphatic carbocycles. The van der Waals surface area contributed by atoms with Crippen molar-refractivity contribution >= 4 is 62.2 Å². The molecule has 1 aliphatic rings. The summed E-state index contributed by atoms with van der Waals surface area (Å²) in [7, 11) is 0. The van der Waals surface area contributed by atoms with Crippen molar-refractivity contribution in [2.75, 3.05) is 5.32 Å². The Labute approximate surface area is 139 Å². The lowest BCUT2D eigenvalue weighted by Gasteiger charge is -2.24. The molecule has 1 heterocycles. The molecular formula is C14H13I2NS. The molecule has 1 aromatic carbocycles. The van der Waals surface area contributed by atoms with Gasteiger partial charge in [-0.2, -0.15) is 0 Å². The Morgan fingerprint density at radius 2 is 1.94 bits per heavy atom. The number of hydrogen-bond donors (Lipinski definition) is 1. The fourth-order valence-corrected chi connectivity index (χ4v) is 4.90. The molecule has 0 saturated carbocycles. The van der Waals surface area contributed by atoms with Crippen LogP contribution in [0.5, 0.6) is 0 Å². The van der Waals surface area contributed by atoms with Gasteiger partial charge in [-0.25, -0.2) is 0 Å². The van der Waals surface area contributed by atoms with E-state index in [-0.39, 0.29) is 0 Å². The zero-order valence-corrected chi connectivity index (χ0v) is 14.9. The van der Waals surface area contributed by atoms with Crippen LogP contribution in [0.4, 0.5) is 5.69 Å². The first-order chi connectivity index (χ1) is 8.72. The van der Waals surface area contributed by atoms with E-state index in [1.807, 2.05) is 11.3 Å². The number of aryl methyl sites for hydroxylation is 1. The van der Waals surface area contributed by atoms with Crippen LogP contribution in [0.25, 0.3) is 0 Å². The smallest absolute Gasteiger partial charge is 0.0660 e. The first-order valence-electron chi connectivity index (χ1n) is 6.02. The van der Waals surface area contributed by atoms with Crippen LogP contribution in [-0.2, 0) is 6.42 Å². The van der Waals surface area contributed by atoms with Crippen LogP contribution in [0, 0.1) is 6.45 Å². The zero-order chi connectivity index (χ0) is 12.5. The number of nitrogens with one attached hydrogen (secondary N) is 1. The number of anilines is 1. The Hall–Kier alpha value is 0.180. The molecule has 94 valence electrons. The van der Waals surface area contributed by atoms with Crippen LogP contribution in [0.15, 0.2) is 30.3 Å². The van der Waals surface area contributed by atoms with Gasteiger partial charge in [-0.05, 0) is 100 Å². The highest BCUT2D eigenvalue weighted by Gasteiger charge is 2.22. The quantitative estimate of drug-likeness (QED) is 0.564. The van der Waals surface area contributed by atoms with Gasteiger partial charge in [0.25, 0.3) is 0 Å². The lowest BCUT2D eigenvalue weighted by Crippen LogP contribution is -2.15. The first-order valence-corrected chi connectivity index (χ1v) is 9.00. The standard InChI is InChI=1S/C14H13I2NS/c15-9-4-6-10(7-5-9)17-12-2-1-3-13-11(12)8-14(16)18-13/h4-8,12,17H,1-3H2. The molecule has 1 atom stereocenters. The molecule has 0 amide bonds. The van der Waals surface area contributed by atoms with Gasteiger partial charge < -0.3 is 5.32 Å². The molecule has 0 bridgehead atoms. The molecule has 0 radical (unpaired) electrons. The number of fused-ring (bicyclic) bond motifs is 1. The predicted octanol–water partition coefficient (Wildman–Crippen LogP) is 5.45. The normalized spacial score (nSPS) is 18.4. The van der Waals surface area contributed by atoms with E-state index in [9.17, 15) is 0 Å². The summed E-state index contributed by atoms with van der Waals surface area (Å²) in [5.41, 5.74) is 2.75. The summed E-state index contributed by atoms with van der Waals surface area (Å²) in [6.45, 7) is 0. The van der Waals surface area contributed by atoms with Gasteiger partial charge in [0.15, 0.2) is 0 Å². The maximum absolute atomic E-state index is 3.68. The average Bonchev–Trinajstić information content (AvgIpc) is 2.73. The van der Waals surface area contributed by atoms with Crippen molar-refractivity contribution in [2.24, 2.45) is 0 Å². The third kappa shape index (κ3) is 2.85. The van der Waals surface area contributed by atoms with E-state index in [0.29, 0.717) is 6.04 Å². The summed E-state index contributed by atoms with van der Waals surface area (Å²) in [4.78, 5) is 1.58. The van der Waals surface area contributed by atoms with Crippen molar-refractivity contribution in [3.63, 3.8) is 0 Å². The van der Waals surface area contributed by atoms with Gasteiger partial charge in [-0.3, -0.25) is 0 Å². The topological polar surface area (TPSA) is 12.0 Å². The average molecular weight is 481 g/mol. The molecule has 3 rings (SSSR count). The van der Waals surface area contributed by atoms with Gasteiger partial charge >= 0.3 is 0 Å². The van der Waals surface area contributed by atoms with E-state index in [1.54, 1.807) is 4.88 Å². The van der Waals surface area contributed by atoms with E-state index in [1.165, 1.54) is 37.0 Å². The third-order valence-corrected chi connectivity index (χ3v) is 5.96. The summed E-state index contributed by atoms with van der Waals surface area (Å²) in [6.07, 6.45) is 3.80. The van der Waals surface area contributed by atoms with Crippen molar-refractivity contribution in [1.82, 2.24) is 0 Å². The summed E-state index contributed by atoms with van der Waals surface area (Å²) in [5, 5.41) is 3.68. The maximum atomic E-state index is 3.68. The number of thiophene rings is 1. The Morgan fingerprint density at radius 3 is 2.72 bits per heavy atom. The Morgan fingerprint density at radius 1 is 1.17 bits per heavy atom. The third-order valence-electron chi connectivity index (χ3n) is 3.27. The number of rotatable bonds is 2. The largest absolute Gasteiger partial charge is 0.378 e. The molecule has 0 saturated heterocycles. The van der Waals surface area contributed by atoms with E-state index in [0.717, 1.165) is 0 Å². The van der Waals surface area contributed by atoms with Crippen LogP contribution >= 0.6 is 56.5 Å². The molecule has 0 aliphatic heterocycles. The predicted molar refractivity (Wildman–Crippen MR) is 95.5 cm³/mol. The Kier molecular flexibility index (Phi) is 4.15. The van der Waals surface area contributed by atoms with E-state index in [2.05, 4.69) is 80.8 Å². The fraction of sp³-hybridized carbons (Fsp3) is 0.286. The highest BCUT2D eigenvalue weighted by atomic mass is 127. The summed E-state index contributed by atoms with van der Waals surface area (Å²) >= 11 is 6.73. The fourth-order valence-electron chi connectivity index (χ4n) is 2.42. The molecule has 1 nitrogen and oxygen atoms in total. The zero-order valence-electron chi connectivity index (χ0n) is 9.75. The van der Waals surface area contributed by atoms with Gasteiger partial charge in [-0.1, -0.05) is 0 Å². The Bertz CT molecular complexity index is 547. The minimum Gasteiger partial charge on any atom is -0.378 e. The second-order valence-corrected chi connectivity index (χ2v) is 8.80. The molecule has 1 unspecified atom stereocenters. The molecular weight excluding hydrogens is 468 g/mol. The first kappa shape index (κ1) is 13.2. The van der Waals surface area contributed by atoms with Crippen molar-refractivity contribution < 1.29 is 0 Å². The second kappa shape index (κ2) is 5.66. The van der Waals surface area contributed by atoms with E-state index in [4.69, 9.17) is 0 Å². The molecule has 1 aromatic heterocycles. The molecule has 0 fully saturated rings. The maximum Gasteiger partial charge on any atom is 0.0660 e. The van der Waals surface area contributed by atoms with Crippen LogP contribution in [0.2, 0.25) is 0 Å². The Balaban J connectivity index is 1.83. The number of benzene rings is 1. The van der Waals surface area contributed by atoms with Crippen molar-refractivity contribution in [2.45, 2.75) is 25.3 Å². The van der Waals surface area contributed by atoms with Gasteiger partial charge in [0.2, 0.25) is 0 Å². The van der Waals surface area contributed by atoms with Crippen LogP contribution in [-0.4, -0.2) is 0 Å². The van der Waals surface area contributed by atoms with Gasteiger partial charge in [0, 0.05) is 14.1 Å². The molecule has 1 N–H and O–H groups in total. The second-order valence-electron chi connectivity index (χ2n) is 4.53. The molecule has 2 aromatic rings. The minimum atomic E-state index is 0.494. The monoisotopic (exact) mass is 481 g/mol. The number of halogens is 2. The molecule has 4 heteroatoms. The summed E-state index contributed by atoms with van der Waals surface area (Å²) < 4.78 is 2.70. The lowest BCUT2D eigenvalue weighted by molar-refractivity contribution is 0.609. The summed E-state index contributed by atoms with van der Waals surface area (Å²) in [5.74, 6) is 0. The van der Waals surface area contributed by atoms with Crippen molar-refractivity contribution in [1.29, 1.82) is 0 Å². The van der Waals surface area contributed by atoms with Crippen molar-refractivity contribution in [3.05, 3.63) is 47.2 Å². The van der Waals surface area contributed by atoms with Crippen LogP contribution in [0.3, 0.4) is 0 Å². The highest BCUT2D eigenvalue weighted by Crippen LogP contribution is 2.38. The number of hydrogen-bond acceptors (Lipinski definition) is 2. The van der Waals surface area contributed by atoms with E-state index >= 15 is 0 Å². The summed E-state index contributed by atoms with van der Waals surface area (Å²) in [6, 6.07) is 11.5. The molecule has 18 heavy (non-hydrogen) atoms. The van der Waals surface area contributed by atoms with Gasteiger partial charge in [0.05, 0.1) is 8.93 Å². The lowest BCUT2D eigenvalue weighted by atomic mass is 9.94. The van der Waals surface area contributed by atoms with Gasteiger partial charge in [-0.15, -0.1) is 11.3 Å². The molecule has 0 spiro atoms. The minimum absolute atomic E-state index is 0.494. The highest BCUT2D eigenvalue weighted by molar-refractivity contribution is 14.1. The van der Waals surface area contributed by atoms with Crippen LogP contribution < -0.4 is 5.32 Å². The van der Waals surface area contributed by atoms with Crippen LogP contribution in [0.1, 0.15) is 29.3 Å². The SMILES string of the molecule is Ic1ccc(NC2CCCc3sc(I)cc32)cc1. The van der Waals surface area contributed by atoms with Crippen molar-refractivity contribution in [3.8, 4) is 0 Å². The van der Waals surface area contributed by atoms with Gasteiger partial charge in [0.1, 0.15) is 0 Å². The van der Waals surface area contributed by atoms with E-state index < -0.39 is 0 Å².